The molecule has 0 bridgehead atoms. The van der Waals surface area contributed by atoms with Crippen molar-refractivity contribution in [1.29, 1.82) is 0 Å². The van der Waals surface area contributed by atoms with Crippen LogP contribution in [-0.4, -0.2) is 6.04 Å². The van der Waals surface area contributed by atoms with Gasteiger partial charge in [-0.1, -0.05) is 36.8 Å². The van der Waals surface area contributed by atoms with Crippen LogP contribution in [0.5, 0.6) is 0 Å². The first-order valence-corrected chi connectivity index (χ1v) is 5.44. The molecule has 0 fully saturated rings. The van der Waals surface area contributed by atoms with Crippen molar-refractivity contribution in [3.05, 3.63) is 21.3 Å². The minimum Gasteiger partial charge on any atom is -0.318 e. The van der Waals surface area contributed by atoms with Crippen LogP contribution in [0.2, 0.25) is 4.34 Å². The number of rotatable bonds is 2. The zero-order valence-corrected chi connectivity index (χ0v) is 9.08. The predicted octanol–water partition coefficient (Wildman–Crippen LogP) is 2.88. The third-order valence-corrected chi connectivity index (χ3v) is 2.70. The minimum absolute atomic E-state index is 0.00845. The molecule has 0 saturated carbocycles. The van der Waals surface area contributed by atoms with Crippen LogP contribution in [0.15, 0.2) is 12.1 Å². The van der Waals surface area contributed by atoms with Gasteiger partial charge in [-0.2, -0.15) is 0 Å². The second-order valence-electron chi connectivity index (χ2n) is 2.77. The van der Waals surface area contributed by atoms with Gasteiger partial charge in [0.2, 0.25) is 0 Å². The Morgan fingerprint density at radius 1 is 1.62 bits per heavy atom. The maximum absolute atomic E-state index is 5.76. The van der Waals surface area contributed by atoms with Crippen LogP contribution in [0, 0.1) is 11.8 Å². The van der Waals surface area contributed by atoms with E-state index in [0.717, 1.165) is 22.1 Å². The fourth-order valence-electron chi connectivity index (χ4n) is 0.928. The number of hydrogen-bond acceptors (Lipinski definition) is 2. The van der Waals surface area contributed by atoms with Crippen molar-refractivity contribution in [3.8, 4) is 11.8 Å². The van der Waals surface area contributed by atoms with Crippen LogP contribution in [0.3, 0.4) is 0 Å². The molecule has 2 N–H and O–H groups in total. The van der Waals surface area contributed by atoms with Crippen molar-refractivity contribution >= 4 is 22.9 Å². The van der Waals surface area contributed by atoms with Crippen LogP contribution < -0.4 is 5.73 Å². The minimum atomic E-state index is -0.00845. The van der Waals surface area contributed by atoms with E-state index in [9.17, 15) is 0 Å². The van der Waals surface area contributed by atoms with Crippen molar-refractivity contribution in [2.75, 3.05) is 0 Å². The third kappa shape index (κ3) is 3.82. The fourth-order valence-corrected chi connectivity index (χ4v) is 1.83. The van der Waals surface area contributed by atoms with Gasteiger partial charge in [-0.25, -0.2) is 0 Å². The topological polar surface area (TPSA) is 26.0 Å². The van der Waals surface area contributed by atoms with Gasteiger partial charge in [0, 0.05) is 0 Å². The number of nitrogens with two attached hydrogens (primary N) is 1. The van der Waals surface area contributed by atoms with Gasteiger partial charge >= 0.3 is 0 Å². The number of halogens is 1. The maximum atomic E-state index is 5.76. The van der Waals surface area contributed by atoms with E-state index in [1.807, 2.05) is 12.1 Å². The molecule has 1 heterocycles. The first-order valence-electron chi connectivity index (χ1n) is 4.25. The third-order valence-electron chi connectivity index (χ3n) is 1.55. The average molecular weight is 214 g/mol. The van der Waals surface area contributed by atoms with Gasteiger partial charge in [0.25, 0.3) is 0 Å². The van der Waals surface area contributed by atoms with E-state index in [2.05, 4.69) is 18.8 Å². The van der Waals surface area contributed by atoms with Crippen LogP contribution >= 0.6 is 22.9 Å². The summed E-state index contributed by atoms with van der Waals surface area (Å²) in [6.45, 7) is 2.10. The Morgan fingerprint density at radius 2 is 2.38 bits per heavy atom. The number of thiophene rings is 1. The highest BCUT2D eigenvalue weighted by Crippen LogP contribution is 2.20. The molecular formula is C10H12ClNS. The monoisotopic (exact) mass is 213 g/mol. The van der Waals surface area contributed by atoms with Gasteiger partial charge < -0.3 is 5.73 Å². The predicted molar refractivity (Wildman–Crippen MR) is 59.1 cm³/mol. The summed E-state index contributed by atoms with van der Waals surface area (Å²) in [6, 6.07) is 3.76. The van der Waals surface area contributed by atoms with Gasteiger partial charge in [-0.3, -0.25) is 0 Å². The van der Waals surface area contributed by atoms with Gasteiger partial charge in [-0.05, 0) is 18.6 Å². The maximum Gasteiger partial charge on any atom is 0.0941 e. The summed E-state index contributed by atoms with van der Waals surface area (Å²) in [4.78, 5) is 0.983. The molecule has 1 aromatic heterocycles. The largest absolute Gasteiger partial charge is 0.318 e. The molecule has 3 heteroatoms. The van der Waals surface area contributed by atoms with Crippen LogP contribution in [0.25, 0.3) is 0 Å². The van der Waals surface area contributed by atoms with E-state index in [1.54, 1.807) is 0 Å². The van der Waals surface area contributed by atoms with E-state index in [0.29, 0.717) is 0 Å². The Morgan fingerprint density at radius 3 is 2.92 bits per heavy atom. The molecule has 1 rings (SSSR count). The van der Waals surface area contributed by atoms with Gasteiger partial charge in [0.05, 0.1) is 15.3 Å². The highest BCUT2D eigenvalue weighted by molar-refractivity contribution is 7.16. The first kappa shape index (κ1) is 10.6. The van der Waals surface area contributed by atoms with Gasteiger partial charge in [0.1, 0.15) is 0 Å². The molecule has 0 spiro atoms. The van der Waals surface area contributed by atoms with E-state index >= 15 is 0 Å². The lowest BCUT2D eigenvalue weighted by Gasteiger charge is -1.97. The molecule has 0 saturated heterocycles. The highest BCUT2D eigenvalue weighted by Gasteiger charge is 1.95. The van der Waals surface area contributed by atoms with Crippen molar-refractivity contribution < 1.29 is 0 Å². The van der Waals surface area contributed by atoms with E-state index in [4.69, 9.17) is 17.3 Å². The Kier molecular flexibility index (Phi) is 4.31. The average Bonchev–Trinajstić information content (AvgIpc) is 2.49. The second kappa shape index (κ2) is 5.29. The van der Waals surface area contributed by atoms with Crippen LogP contribution in [0.4, 0.5) is 0 Å². The summed E-state index contributed by atoms with van der Waals surface area (Å²) < 4.78 is 0.772. The SMILES string of the molecule is CCCC(N)C#Cc1ccc(Cl)s1. The van der Waals surface area contributed by atoms with Crippen molar-refractivity contribution in [2.45, 2.75) is 25.8 Å². The second-order valence-corrected chi connectivity index (χ2v) is 4.48. The molecule has 0 radical (unpaired) electrons. The van der Waals surface area contributed by atoms with E-state index in [1.165, 1.54) is 11.3 Å². The zero-order valence-electron chi connectivity index (χ0n) is 7.51. The zero-order chi connectivity index (χ0) is 9.68. The summed E-state index contributed by atoms with van der Waals surface area (Å²) in [6.07, 6.45) is 2.02. The smallest absolute Gasteiger partial charge is 0.0941 e. The Bertz CT molecular complexity index is 321. The molecule has 0 aromatic carbocycles. The molecule has 0 amide bonds. The summed E-state index contributed by atoms with van der Waals surface area (Å²) >= 11 is 7.24. The quantitative estimate of drug-likeness (QED) is 0.752. The van der Waals surface area contributed by atoms with Crippen molar-refractivity contribution in [1.82, 2.24) is 0 Å². The van der Waals surface area contributed by atoms with Crippen LogP contribution in [0.1, 0.15) is 24.6 Å². The standard InChI is InChI=1S/C10H12ClNS/c1-2-3-8(12)4-5-9-6-7-10(11)13-9/h6-8H,2-3,12H2,1H3. The normalized spacial score (nSPS) is 11.9. The summed E-state index contributed by atoms with van der Waals surface area (Å²) in [5, 5.41) is 0. The molecule has 1 unspecified atom stereocenters. The molecular weight excluding hydrogens is 202 g/mol. The molecule has 1 nitrogen and oxygen atoms in total. The van der Waals surface area contributed by atoms with E-state index < -0.39 is 0 Å². The Balaban J connectivity index is 2.56. The summed E-state index contributed by atoms with van der Waals surface area (Å²) in [5.74, 6) is 6.00. The highest BCUT2D eigenvalue weighted by atomic mass is 35.5. The molecule has 1 aromatic rings. The lowest BCUT2D eigenvalue weighted by atomic mass is 10.2. The molecule has 70 valence electrons. The van der Waals surface area contributed by atoms with Gasteiger partial charge in [0.15, 0.2) is 0 Å². The lowest BCUT2D eigenvalue weighted by molar-refractivity contribution is 0.720. The molecule has 0 aliphatic carbocycles. The van der Waals surface area contributed by atoms with Crippen LogP contribution in [-0.2, 0) is 0 Å². The Hall–Kier alpha value is -0.490. The molecule has 13 heavy (non-hydrogen) atoms. The first-order chi connectivity index (χ1) is 6.22. The van der Waals surface area contributed by atoms with Gasteiger partial charge in [-0.15, -0.1) is 11.3 Å². The lowest BCUT2D eigenvalue weighted by Crippen LogP contribution is -2.16. The summed E-state index contributed by atoms with van der Waals surface area (Å²) in [7, 11) is 0. The van der Waals surface area contributed by atoms with Crippen molar-refractivity contribution in [2.24, 2.45) is 5.73 Å². The molecule has 0 aliphatic heterocycles. The number of hydrogen-bond donors (Lipinski definition) is 1. The fraction of sp³-hybridized carbons (Fsp3) is 0.400. The van der Waals surface area contributed by atoms with E-state index in [-0.39, 0.29) is 6.04 Å². The molecule has 0 aliphatic rings. The Labute approximate surface area is 87.9 Å². The molecule has 1 atom stereocenters. The van der Waals surface area contributed by atoms with Crippen molar-refractivity contribution in [3.63, 3.8) is 0 Å². The summed E-state index contributed by atoms with van der Waals surface area (Å²) in [5.41, 5.74) is 5.74.